The van der Waals surface area contributed by atoms with Crippen LogP contribution < -0.4 is 5.32 Å². The number of carbonyl (C=O) groups is 1. The van der Waals surface area contributed by atoms with Crippen molar-refractivity contribution in [1.82, 2.24) is 4.37 Å². The van der Waals surface area contributed by atoms with E-state index in [0.29, 0.717) is 0 Å². The number of ketones is 1. The summed E-state index contributed by atoms with van der Waals surface area (Å²) in [6.07, 6.45) is 0. The van der Waals surface area contributed by atoms with Gasteiger partial charge in [0.1, 0.15) is 5.00 Å². The maximum absolute atomic E-state index is 11.4. The third kappa shape index (κ3) is 2.31. The number of aromatic nitrogens is 1. The molecule has 0 spiro atoms. The zero-order valence-electron chi connectivity index (χ0n) is 9.11. The fourth-order valence-corrected chi connectivity index (χ4v) is 2.97. The Kier molecular flexibility index (Phi) is 3.36. The minimum absolute atomic E-state index is 0.0694. The highest BCUT2D eigenvalue weighted by atomic mass is 32.1. The molecule has 2 heterocycles. The standard InChI is InChI=1S/C11H12N2OS2/c1-7-10(8(2)14)11(16-13-7)12-6-9-4-3-5-15-9/h3-5,12H,6H2,1-2H3. The lowest BCUT2D eigenvalue weighted by atomic mass is 10.2. The van der Waals surface area contributed by atoms with E-state index < -0.39 is 0 Å². The van der Waals surface area contributed by atoms with Gasteiger partial charge in [0.2, 0.25) is 0 Å². The zero-order valence-corrected chi connectivity index (χ0v) is 10.7. The molecule has 0 radical (unpaired) electrons. The van der Waals surface area contributed by atoms with E-state index >= 15 is 0 Å². The van der Waals surface area contributed by atoms with E-state index in [4.69, 9.17) is 0 Å². The van der Waals surface area contributed by atoms with Crippen LogP contribution in [0.25, 0.3) is 0 Å². The molecule has 0 atom stereocenters. The predicted molar refractivity (Wildman–Crippen MR) is 68.5 cm³/mol. The Morgan fingerprint density at radius 2 is 2.38 bits per heavy atom. The Morgan fingerprint density at radius 3 is 3.00 bits per heavy atom. The molecule has 1 N–H and O–H groups in total. The van der Waals surface area contributed by atoms with Crippen molar-refractivity contribution in [3.05, 3.63) is 33.6 Å². The minimum atomic E-state index is 0.0694. The van der Waals surface area contributed by atoms with Crippen molar-refractivity contribution in [3.63, 3.8) is 0 Å². The first kappa shape index (κ1) is 11.3. The highest BCUT2D eigenvalue weighted by molar-refractivity contribution is 7.11. The van der Waals surface area contributed by atoms with E-state index in [1.165, 1.54) is 16.4 Å². The Balaban J connectivity index is 2.13. The Labute approximate surface area is 102 Å². The van der Waals surface area contributed by atoms with Crippen molar-refractivity contribution in [2.45, 2.75) is 20.4 Å². The van der Waals surface area contributed by atoms with Crippen LogP contribution in [0.2, 0.25) is 0 Å². The summed E-state index contributed by atoms with van der Waals surface area (Å²) >= 11 is 3.05. The van der Waals surface area contributed by atoms with Gasteiger partial charge in [-0.2, -0.15) is 4.37 Å². The molecule has 0 aliphatic heterocycles. The van der Waals surface area contributed by atoms with Crippen LogP contribution in [0.3, 0.4) is 0 Å². The van der Waals surface area contributed by atoms with Gasteiger partial charge >= 0.3 is 0 Å². The van der Waals surface area contributed by atoms with Crippen LogP contribution in [-0.4, -0.2) is 10.2 Å². The number of aryl methyl sites for hydroxylation is 1. The highest BCUT2D eigenvalue weighted by Gasteiger charge is 2.14. The number of nitrogens with zero attached hydrogens (tertiary/aromatic N) is 1. The molecule has 2 rings (SSSR count). The largest absolute Gasteiger partial charge is 0.370 e. The van der Waals surface area contributed by atoms with Crippen LogP contribution in [0.5, 0.6) is 0 Å². The lowest BCUT2D eigenvalue weighted by molar-refractivity contribution is 0.101. The molecule has 3 nitrogen and oxygen atoms in total. The van der Waals surface area contributed by atoms with Crippen molar-refractivity contribution < 1.29 is 4.79 Å². The van der Waals surface area contributed by atoms with Gasteiger partial charge in [0, 0.05) is 4.88 Å². The molecule has 16 heavy (non-hydrogen) atoms. The fourth-order valence-electron chi connectivity index (χ4n) is 1.49. The summed E-state index contributed by atoms with van der Waals surface area (Å²) in [4.78, 5) is 12.7. The minimum Gasteiger partial charge on any atom is -0.370 e. The second-order valence-electron chi connectivity index (χ2n) is 3.46. The van der Waals surface area contributed by atoms with Gasteiger partial charge < -0.3 is 5.32 Å². The van der Waals surface area contributed by atoms with Gasteiger partial charge in [-0.05, 0) is 36.8 Å². The molecule has 2 aromatic rings. The van der Waals surface area contributed by atoms with Crippen LogP contribution in [0.4, 0.5) is 5.00 Å². The van der Waals surface area contributed by atoms with Crippen molar-refractivity contribution in [2.24, 2.45) is 0 Å². The number of hydrogen-bond donors (Lipinski definition) is 1. The molecule has 0 saturated heterocycles. The summed E-state index contributed by atoms with van der Waals surface area (Å²) in [6.45, 7) is 4.19. The van der Waals surface area contributed by atoms with E-state index in [1.54, 1.807) is 18.3 Å². The second-order valence-corrected chi connectivity index (χ2v) is 5.27. The summed E-state index contributed by atoms with van der Waals surface area (Å²) < 4.78 is 4.20. The monoisotopic (exact) mass is 252 g/mol. The van der Waals surface area contributed by atoms with Gasteiger partial charge in [0.25, 0.3) is 0 Å². The molecule has 0 aliphatic rings. The molecule has 84 valence electrons. The van der Waals surface area contributed by atoms with Gasteiger partial charge in [-0.15, -0.1) is 11.3 Å². The van der Waals surface area contributed by atoms with Crippen LogP contribution in [0.1, 0.15) is 27.9 Å². The topological polar surface area (TPSA) is 42.0 Å². The molecule has 0 unspecified atom stereocenters. The van der Waals surface area contributed by atoms with Gasteiger partial charge in [0.05, 0.1) is 17.8 Å². The lowest BCUT2D eigenvalue weighted by Crippen LogP contribution is -2.02. The third-order valence-electron chi connectivity index (χ3n) is 2.22. The molecule has 5 heteroatoms. The van der Waals surface area contributed by atoms with Gasteiger partial charge in [-0.25, -0.2) is 0 Å². The summed E-state index contributed by atoms with van der Waals surface area (Å²) in [5.41, 5.74) is 1.53. The highest BCUT2D eigenvalue weighted by Crippen LogP contribution is 2.25. The summed E-state index contributed by atoms with van der Waals surface area (Å²) in [7, 11) is 0. The maximum atomic E-state index is 11.4. The van der Waals surface area contributed by atoms with Crippen LogP contribution in [0.15, 0.2) is 17.5 Å². The van der Waals surface area contributed by atoms with E-state index in [9.17, 15) is 4.79 Å². The maximum Gasteiger partial charge on any atom is 0.164 e. The molecule has 0 aromatic carbocycles. The van der Waals surface area contributed by atoms with Crippen molar-refractivity contribution in [3.8, 4) is 0 Å². The normalized spacial score (nSPS) is 10.4. The predicted octanol–water partition coefficient (Wildman–Crippen LogP) is 3.33. The first-order valence-corrected chi connectivity index (χ1v) is 6.57. The average molecular weight is 252 g/mol. The van der Waals surface area contributed by atoms with Gasteiger partial charge in [0.15, 0.2) is 5.78 Å². The van der Waals surface area contributed by atoms with E-state index in [-0.39, 0.29) is 5.78 Å². The first-order chi connectivity index (χ1) is 7.68. The van der Waals surface area contributed by atoms with Crippen LogP contribution >= 0.6 is 22.9 Å². The second kappa shape index (κ2) is 4.76. The van der Waals surface area contributed by atoms with Gasteiger partial charge in [-0.3, -0.25) is 4.79 Å². The SMILES string of the molecule is CC(=O)c1c(C)nsc1NCc1cccs1. The summed E-state index contributed by atoms with van der Waals surface area (Å²) in [6, 6.07) is 4.09. The molecule has 2 aromatic heterocycles. The van der Waals surface area contributed by atoms with Crippen molar-refractivity contribution >= 4 is 33.7 Å². The number of Topliss-reactive ketones (excluding diaryl/α,β-unsaturated/α-hetero) is 1. The van der Waals surface area contributed by atoms with Crippen LogP contribution in [-0.2, 0) is 6.54 Å². The first-order valence-electron chi connectivity index (χ1n) is 4.92. The van der Waals surface area contributed by atoms with Gasteiger partial charge in [-0.1, -0.05) is 6.07 Å². The lowest BCUT2D eigenvalue weighted by Gasteiger charge is -2.03. The fraction of sp³-hybridized carbons (Fsp3) is 0.273. The van der Waals surface area contributed by atoms with E-state index in [2.05, 4.69) is 15.8 Å². The van der Waals surface area contributed by atoms with Crippen molar-refractivity contribution in [2.75, 3.05) is 5.32 Å². The zero-order chi connectivity index (χ0) is 11.5. The Hall–Kier alpha value is -1.20. The Bertz CT molecular complexity index is 488. The molecule has 0 saturated carbocycles. The van der Waals surface area contributed by atoms with E-state index in [0.717, 1.165) is 22.8 Å². The quantitative estimate of drug-likeness (QED) is 0.849. The summed E-state index contributed by atoms with van der Waals surface area (Å²) in [5, 5.41) is 6.18. The average Bonchev–Trinajstić information content (AvgIpc) is 2.83. The van der Waals surface area contributed by atoms with E-state index in [1.807, 2.05) is 18.4 Å². The number of nitrogens with one attached hydrogen (secondary N) is 1. The number of rotatable bonds is 4. The molecule has 0 aliphatic carbocycles. The molecular formula is C11H12N2OS2. The third-order valence-corrected chi connectivity index (χ3v) is 3.99. The Morgan fingerprint density at radius 1 is 1.56 bits per heavy atom. The van der Waals surface area contributed by atoms with Crippen LogP contribution in [0, 0.1) is 6.92 Å². The molecule has 0 fully saturated rings. The molecular weight excluding hydrogens is 240 g/mol. The number of anilines is 1. The molecule has 0 amide bonds. The summed E-state index contributed by atoms with van der Waals surface area (Å²) in [5.74, 6) is 0.0694. The number of hydrogen-bond acceptors (Lipinski definition) is 5. The molecule has 0 bridgehead atoms. The number of thiophene rings is 1. The van der Waals surface area contributed by atoms with Crippen molar-refractivity contribution in [1.29, 1.82) is 0 Å². The number of carbonyl (C=O) groups excluding carboxylic acids is 1. The smallest absolute Gasteiger partial charge is 0.164 e.